The van der Waals surface area contributed by atoms with Crippen molar-refractivity contribution >= 4 is 17.5 Å². The molecule has 0 aliphatic carbocycles. The zero-order chi connectivity index (χ0) is 19.2. The van der Waals surface area contributed by atoms with Gasteiger partial charge in [0.1, 0.15) is 11.5 Å². The molecule has 1 fully saturated rings. The molecule has 3 rings (SSSR count). The molecule has 1 amide bonds. The molecule has 5 nitrogen and oxygen atoms in total. The first kappa shape index (κ1) is 19.8. The summed E-state index contributed by atoms with van der Waals surface area (Å²) in [5.41, 5.74) is 1.60. The summed E-state index contributed by atoms with van der Waals surface area (Å²) in [6.45, 7) is 7.68. The fourth-order valence-electron chi connectivity index (χ4n) is 3.44. The van der Waals surface area contributed by atoms with Gasteiger partial charge in [-0.3, -0.25) is 9.69 Å². The minimum atomic E-state index is -0.218. The molecule has 2 aromatic rings. The number of aromatic nitrogens is 2. The number of amides is 1. The van der Waals surface area contributed by atoms with E-state index in [9.17, 15) is 4.79 Å². The maximum atomic E-state index is 12.6. The van der Waals surface area contributed by atoms with Gasteiger partial charge in [0, 0.05) is 25.6 Å². The van der Waals surface area contributed by atoms with Crippen LogP contribution in [0.2, 0.25) is 5.02 Å². The first-order valence-electron chi connectivity index (χ1n) is 9.60. The van der Waals surface area contributed by atoms with Gasteiger partial charge in [-0.25, -0.2) is 9.97 Å². The van der Waals surface area contributed by atoms with Crippen LogP contribution < -0.4 is 5.32 Å². The number of benzene rings is 1. The van der Waals surface area contributed by atoms with Gasteiger partial charge < -0.3 is 5.32 Å². The van der Waals surface area contributed by atoms with Crippen molar-refractivity contribution in [2.24, 2.45) is 5.92 Å². The Morgan fingerprint density at radius 2 is 2.11 bits per heavy atom. The van der Waals surface area contributed by atoms with E-state index >= 15 is 0 Å². The van der Waals surface area contributed by atoms with Crippen LogP contribution >= 0.6 is 11.6 Å². The Bertz CT molecular complexity index is 766. The second-order valence-corrected chi connectivity index (χ2v) is 7.93. The van der Waals surface area contributed by atoms with Crippen LogP contribution in [0.5, 0.6) is 0 Å². The molecule has 1 unspecified atom stereocenters. The van der Waals surface area contributed by atoms with Crippen molar-refractivity contribution in [1.82, 2.24) is 20.2 Å². The van der Waals surface area contributed by atoms with E-state index < -0.39 is 0 Å². The van der Waals surface area contributed by atoms with E-state index in [-0.39, 0.29) is 17.5 Å². The average molecular weight is 387 g/mol. The van der Waals surface area contributed by atoms with Crippen LogP contribution in [-0.2, 0) is 6.54 Å². The molecule has 144 valence electrons. The average Bonchev–Trinajstić information content (AvgIpc) is 2.67. The molecule has 0 spiro atoms. The Hall–Kier alpha value is -1.98. The standard InChI is InChI=1S/C21H27ClN4O/c1-15(2)20-23-12-18(22)19(25-20)21(27)24-11-17-9-6-10-26(14-17)13-16-7-4-3-5-8-16/h3-5,7-8,12,15,17H,6,9-11,13-14H2,1-2H3,(H,24,27). The molecule has 0 radical (unpaired) electrons. The van der Waals surface area contributed by atoms with Gasteiger partial charge in [0.2, 0.25) is 0 Å². The Morgan fingerprint density at radius 1 is 1.33 bits per heavy atom. The molecule has 1 saturated heterocycles. The lowest BCUT2D eigenvalue weighted by Gasteiger charge is -2.32. The molecule has 1 atom stereocenters. The van der Waals surface area contributed by atoms with E-state index in [1.807, 2.05) is 19.9 Å². The number of carbonyl (C=O) groups is 1. The summed E-state index contributed by atoms with van der Waals surface area (Å²) in [6, 6.07) is 10.5. The molecular formula is C21H27ClN4O. The number of carbonyl (C=O) groups excluding carboxylic acids is 1. The third kappa shape index (κ3) is 5.50. The van der Waals surface area contributed by atoms with Crippen LogP contribution in [-0.4, -0.2) is 40.4 Å². The van der Waals surface area contributed by atoms with Crippen LogP contribution in [0.15, 0.2) is 36.5 Å². The van der Waals surface area contributed by atoms with Crippen molar-refractivity contribution in [2.75, 3.05) is 19.6 Å². The Labute approximate surface area is 166 Å². The maximum absolute atomic E-state index is 12.6. The summed E-state index contributed by atoms with van der Waals surface area (Å²) < 4.78 is 0. The molecule has 27 heavy (non-hydrogen) atoms. The third-order valence-corrected chi connectivity index (χ3v) is 5.17. The number of nitrogens with one attached hydrogen (secondary N) is 1. The fourth-order valence-corrected chi connectivity index (χ4v) is 3.62. The first-order chi connectivity index (χ1) is 13.0. The summed E-state index contributed by atoms with van der Waals surface area (Å²) in [5.74, 6) is 1.01. The highest BCUT2D eigenvalue weighted by Gasteiger charge is 2.22. The predicted molar refractivity (Wildman–Crippen MR) is 108 cm³/mol. The van der Waals surface area contributed by atoms with E-state index in [1.165, 1.54) is 11.8 Å². The van der Waals surface area contributed by atoms with Crippen molar-refractivity contribution in [3.8, 4) is 0 Å². The normalized spacial score (nSPS) is 17.9. The second-order valence-electron chi connectivity index (χ2n) is 7.52. The summed E-state index contributed by atoms with van der Waals surface area (Å²) in [5, 5.41) is 3.32. The Morgan fingerprint density at radius 3 is 2.85 bits per heavy atom. The van der Waals surface area contributed by atoms with E-state index in [0.29, 0.717) is 23.3 Å². The van der Waals surface area contributed by atoms with Crippen molar-refractivity contribution in [3.05, 3.63) is 58.6 Å². The number of halogens is 1. The zero-order valence-electron chi connectivity index (χ0n) is 16.0. The predicted octanol–water partition coefficient (Wildman–Crippen LogP) is 3.90. The number of hydrogen-bond acceptors (Lipinski definition) is 4. The van der Waals surface area contributed by atoms with Gasteiger partial charge in [-0.1, -0.05) is 55.8 Å². The topological polar surface area (TPSA) is 58.1 Å². The first-order valence-corrected chi connectivity index (χ1v) is 9.97. The van der Waals surface area contributed by atoms with Gasteiger partial charge in [-0.05, 0) is 30.9 Å². The van der Waals surface area contributed by atoms with Crippen molar-refractivity contribution < 1.29 is 4.79 Å². The van der Waals surface area contributed by atoms with Crippen LogP contribution in [0.1, 0.15) is 54.5 Å². The molecule has 1 aromatic carbocycles. The Kier molecular flexibility index (Phi) is 6.80. The third-order valence-electron chi connectivity index (χ3n) is 4.90. The lowest BCUT2D eigenvalue weighted by molar-refractivity contribution is 0.0925. The summed E-state index contributed by atoms with van der Waals surface area (Å²) in [6.07, 6.45) is 3.79. The quantitative estimate of drug-likeness (QED) is 0.818. The number of nitrogens with zero attached hydrogens (tertiary/aromatic N) is 3. The second kappa shape index (κ2) is 9.29. The van der Waals surface area contributed by atoms with E-state index in [4.69, 9.17) is 11.6 Å². The minimum Gasteiger partial charge on any atom is -0.350 e. The van der Waals surface area contributed by atoms with Gasteiger partial charge in [-0.2, -0.15) is 0 Å². The van der Waals surface area contributed by atoms with Crippen LogP contribution in [0.3, 0.4) is 0 Å². The smallest absolute Gasteiger partial charge is 0.271 e. The summed E-state index contributed by atoms with van der Waals surface area (Å²) in [4.78, 5) is 23.6. The van der Waals surface area contributed by atoms with E-state index in [1.54, 1.807) is 0 Å². The molecule has 2 heterocycles. The highest BCUT2D eigenvalue weighted by atomic mass is 35.5. The molecule has 1 aliphatic heterocycles. The molecule has 1 N–H and O–H groups in total. The van der Waals surface area contributed by atoms with Crippen molar-refractivity contribution in [2.45, 2.75) is 39.2 Å². The van der Waals surface area contributed by atoms with Crippen molar-refractivity contribution in [1.29, 1.82) is 0 Å². The summed E-state index contributed by atoms with van der Waals surface area (Å²) in [7, 11) is 0. The zero-order valence-corrected chi connectivity index (χ0v) is 16.7. The SMILES string of the molecule is CC(C)c1ncc(Cl)c(C(=O)NCC2CCCN(Cc3ccccc3)C2)n1. The molecule has 0 saturated carbocycles. The molecule has 6 heteroatoms. The van der Waals surface area contributed by atoms with Gasteiger partial charge in [0.05, 0.1) is 11.2 Å². The number of likely N-dealkylation sites (tertiary alicyclic amines) is 1. The molecule has 0 bridgehead atoms. The van der Waals surface area contributed by atoms with E-state index in [0.717, 1.165) is 32.5 Å². The monoisotopic (exact) mass is 386 g/mol. The number of rotatable bonds is 6. The molecule has 1 aliphatic rings. The molecule has 1 aromatic heterocycles. The summed E-state index contributed by atoms with van der Waals surface area (Å²) >= 11 is 6.14. The maximum Gasteiger partial charge on any atom is 0.271 e. The lowest BCUT2D eigenvalue weighted by atomic mass is 9.97. The van der Waals surface area contributed by atoms with Crippen molar-refractivity contribution in [3.63, 3.8) is 0 Å². The van der Waals surface area contributed by atoms with Crippen LogP contribution in [0, 0.1) is 5.92 Å². The molecular weight excluding hydrogens is 360 g/mol. The van der Waals surface area contributed by atoms with E-state index in [2.05, 4.69) is 44.5 Å². The van der Waals surface area contributed by atoms with Gasteiger partial charge >= 0.3 is 0 Å². The van der Waals surface area contributed by atoms with Gasteiger partial charge in [-0.15, -0.1) is 0 Å². The number of piperidine rings is 1. The minimum absolute atomic E-state index is 0.152. The van der Waals surface area contributed by atoms with Crippen LogP contribution in [0.25, 0.3) is 0 Å². The fraction of sp³-hybridized carbons (Fsp3) is 0.476. The number of hydrogen-bond donors (Lipinski definition) is 1. The lowest BCUT2D eigenvalue weighted by Crippen LogP contribution is -2.40. The Balaban J connectivity index is 1.55. The highest BCUT2D eigenvalue weighted by molar-refractivity contribution is 6.33. The van der Waals surface area contributed by atoms with Gasteiger partial charge in [0.25, 0.3) is 5.91 Å². The van der Waals surface area contributed by atoms with Crippen LogP contribution in [0.4, 0.5) is 0 Å². The van der Waals surface area contributed by atoms with Gasteiger partial charge in [0.15, 0.2) is 0 Å². The largest absolute Gasteiger partial charge is 0.350 e. The highest BCUT2D eigenvalue weighted by Crippen LogP contribution is 2.19.